The van der Waals surface area contributed by atoms with Crippen molar-refractivity contribution < 1.29 is 56.2 Å². The average Bonchev–Trinajstić information content (AvgIpc) is 2.67. The lowest BCUT2D eigenvalue weighted by Gasteiger charge is -2.24. The van der Waals surface area contributed by atoms with E-state index in [0.29, 0.717) is 0 Å². The van der Waals surface area contributed by atoms with E-state index in [1.807, 2.05) is 0 Å². The summed E-state index contributed by atoms with van der Waals surface area (Å²) in [5, 5.41) is 28.9. The first-order chi connectivity index (χ1) is 13.8. The molecule has 0 amide bonds. The predicted molar refractivity (Wildman–Crippen MR) is 84.6 cm³/mol. The van der Waals surface area contributed by atoms with Gasteiger partial charge in [0.2, 0.25) is 40.4 Å². The van der Waals surface area contributed by atoms with Crippen LogP contribution in [0.15, 0.2) is 0 Å². The molecule has 0 saturated heterocycles. The molecule has 1 rings (SSSR count). The van der Waals surface area contributed by atoms with E-state index in [2.05, 4.69) is 4.74 Å². The first-order valence-electron chi connectivity index (χ1n) is 8.12. The second-order valence-electron chi connectivity index (χ2n) is 6.14. The molecule has 30 heavy (non-hydrogen) atoms. The number of benzene rings is 1. The number of carbonyl (C=O) groups is 3. The number of aliphatic carboxylic acids is 2. The van der Waals surface area contributed by atoms with Crippen LogP contribution in [0.3, 0.4) is 0 Å². The van der Waals surface area contributed by atoms with Gasteiger partial charge in [0.15, 0.2) is 0 Å². The molecule has 0 unspecified atom stereocenters. The molecule has 0 spiro atoms. The summed E-state index contributed by atoms with van der Waals surface area (Å²) in [5.74, 6) is -18.5. The lowest BCUT2D eigenvalue weighted by Crippen LogP contribution is -2.40. The highest BCUT2D eigenvalue weighted by Gasteiger charge is 2.43. The Bertz CT molecular complexity index is 829. The minimum atomic E-state index is -2.49. The highest BCUT2D eigenvalue weighted by Crippen LogP contribution is 2.32. The van der Waals surface area contributed by atoms with E-state index >= 15 is 0 Å². The van der Waals surface area contributed by atoms with Crippen molar-refractivity contribution in [3.05, 3.63) is 39.2 Å². The maximum Gasteiger partial charge on any atom is 0.311 e. The van der Waals surface area contributed by atoms with Crippen LogP contribution in [0.2, 0.25) is 0 Å². The Hall–Kier alpha value is -3.32. The number of carboxylic acid groups (broad SMARTS) is 2. The number of ether oxygens (including phenoxy) is 1. The van der Waals surface area contributed by atoms with Gasteiger partial charge in [0.25, 0.3) is 0 Å². The van der Waals surface area contributed by atoms with Crippen molar-refractivity contribution in [2.45, 2.75) is 44.1 Å². The van der Waals surface area contributed by atoms with Crippen molar-refractivity contribution >= 4 is 17.9 Å². The molecule has 0 aliphatic carbocycles. The third-order valence-corrected chi connectivity index (χ3v) is 4.18. The van der Waals surface area contributed by atoms with E-state index in [4.69, 9.17) is 10.2 Å². The fourth-order valence-corrected chi connectivity index (χ4v) is 2.50. The number of nitrogens with zero attached hydrogens (tertiary/aromatic N) is 1. The number of carboxylic acids is 2. The molecule has 0 aliphatic rings. The van der Waals surface area contributed by atoms with Crippen LogP contribution in [0.1, 0.15) is 38.5 Å². The van der Waals surface area contributed by atoms with Crippen LogP contribution in [-0.4, -0.2) is 38.6 Å². The highest BCUT2D eigenvalue weighted by atomic mass is 19.2. The van der Waals surface area contributed by atoms with Crippen LogP contribution in [0, 0.1) is 39.2 Å². The zero-order chi connectivity index (χ0) is 23.2. The molecule has 0 fully saturated rings. The SMILES string of the molecule is O=C(O)CCC(CCC(=O)O)(CCC(=O)Oc1c(F)c(F)c(F)c(F)c1F)[N+](=O)[O-]. The van der Waals surface area contributed by atoms with E-state index < -0.39 is 102 Å². The molecule has 14 heteroatoms. The van der Waals surface area contributed by atoms with Crippen molar-refractivity contribution in [2.24, 2.45) is 0 Å². The standard InChI is InChI=1S/C16H14F5NO8/c17-10-11(18)13(20)15(14(21)12(10)19)30-9(27)3-6-16(22(28)29,4-1-7(23)24)5-2-8(25)26/h1-6H2,(H,23,24)(H,25,26). The topological polar surface area (TPSA) is 144 Å². The van der Waals surface area contributed by atoms with Crippen LogP contribution in [-0.2, 0) is 14.4 Å². The third-order valence-electron chi connectivity index (χ3n) is 4.18. The van der Waals surface area contributed by atoms with Gasteiger partial charge in [0.05, 0.1) is 19.3 Å². The third kappa shape index (κ3) is 5.84. The number of carbonyl (C=O) groups excluding carboxylic acids is 1. The quantitative estimate of drug-likeness (QED) is 0.101. The van der Waals surface area contributed by atoms with E-state index in [1.54, 1.807) is 0 Å². The summed E-state index contributed by atoms with van der Waals surface area (Å²) in [7, 11) is 0. The molecule has 1 aromatic carbocycles. The first-order valence-corrected chi connectivity index (χ1v) is 8.12. The molecule has 0 heterocycles. The summed E-state index contributed by atoms with van der Waals surface area (Å²) < 4.78 is 70.5. The van der Waals surface area contributed by atoms with Crippen LogP contribution in [0.25, 0.3) is 0 Å². The van der Waals surface area contributed by atoms with E-state index in [9.17, 15) is 46.5 Å². The van der Waals surface area contributed by atoms with Crippen molar-refractivity contribution in [1.29, 1.82) is 0 Å². The molecule has 0 aliphatic heterocycles. The van der Waals surface area contributed by atoms with Gasteiger partial charge in [0.1, 0.15) is 0 Å². The second-order valence-corrected chi connectivity index (χ2v) is 6.14. The van der Waals surface area contributed by atoms with Gasteiger partial charge in [-0.05, 0) is 0 Å². The van der Waals surface area contributed by atoms with Crippen LogP contribution >= 0.6 is 0 Å². The van der Waals surface area contributed by atoms with Crippen LogP contribution in [0.4, 0.5) is 22.0 Å². The summed E-state index contributed by atoms with van der Waals surface area (Å²) in [6.07, 6.45) is -4.69. The summed E-state index contributed by atoms with van der Waals surface area (Å²) in [5.41, 5.74) is -2.22. The first kappa shape index (κ1) is 24.7. The number of hydrogen-bond donors (Lipinski definition) is 2. The Morgan fingerprint density at radius 2 is 1.17 bits per heavy atom. The Morgan fingerprint density at radius 1 is 0.800 bits per heavy atom. The maximum atomic E-state index is 13.5. The van der Waals surface area contributed by atoms with Gasteiger partial charge in [-0.2, -0.15) is 8.78 Å². The average molecular weight is 443 g/mol. The molecule has 1 aromatic rings. The molecule has 0 bridgehead atoms. The van der Waals surface area contributed by atoms with Crippen molar-refractivity contribution in [2.75, 3.05) is 0 Å². The maximum absolute atomic E-state index is 13.5. The van der Waals surface area contributed by atoms with Gasteiger partial charge >= 0.3 is 17.9 Å². The van der Waals surface area contributed by atoms with Gasteiger partial charge < -0.3 is 14.9 Å². The minimum absolute atomic E-state index is 0.682. The molecule has 0 radical (unpaired) electrons. The molecule has 9 nitrogen and oxygen atoms in total. The lowest BCUT2D eigenvalue weighted by molar-refractivity contribution is -0.573. The predicted octanol–water partition coefficient (Wildman–Crippen LogP) is 2.81. The minimum Gasteiger partial charge on any atom is -0.481 e. The Morgan fingerprint density at radius 3 is 1.53 bits per heavy atom. The number of halogens is 5. The Kier molecular flexibility index (Phi) is 8.19. The molecule has 0 saturated carbocycles. The van der Waals surface area contributed by atoms with Crippen molar-refractivity contribution in [3.63, 3.8) is 0 Å². The van der Waals surface area contributed by atoms with Crippen molar-refractivity contribution in [3.8, 4) is 5.75 Å². The second kappa shape index (κ2) is 9.93. The smallest absolute Gasteiger partial charge is 0.311 e. The molecule has 0 aromatic heterocycles. The van der Waals surface area contributed by atoms with Crippen molar-refractivity contribution in [1.82, 2.24) is 0 Å². The fraction of sp³-hybridized carbons (Fsp3) is 0.438. The summed E-state index contributed by atoms with van der Waals surface area (Å²) >= 11 is 0. The highest BCUT2D eigenvalue weighted by molar-refractivity contribution is 5.72. The van der Waals surface area contributed by atoms with Crippen LogP contribution < -0.4 is 4.74 Å². The Balaban J connectivity index is 3.06. The molecular weight excluding hydrogens is 429 g/mol. The van der Waals surface area contributed by atoms with E-state index in [-0.39, 0.29) is 0 Å². The lowest BCUT2D eigenvalue weighted by atomic mass is 9.84. The number of rotatable bonds is 11. The zero-order valence-corrected chi connectivity index (χ0v) is 14.9. The number of hydrogen-bond acceptors (Lipinski definition) is 6. The van der Waals surface area contributed by atoms with Gasteiger partial charge in [-0.15, -0.1) is 0 Å². The molecule has 0 atom stereocenters. The Labute approximate surface area is 164 Å². The van der Waals surface area contributed by atoms with E-state index in [0.717, 1.165) is 0 Å². The van der Waals surface area contributed by atoms with Gasteiger partial charge in [0, 0.05) is 24.2 Å². The zero-order valence-electron chi connectivity index (χ0n) is 14.9. The summed E-state index contributed by atoms with van der Waals surface area (Å²) in [4.78, 5) is 43.8. The molecule has 166 valence electrons. The van der Waals surface area contributed by atoms with Gasteiger partial charge in [-0.1, -0.05) is 0 Å². The number of nitro groups is 1. The summed E-state index contributed by atoms with van der Waals surface area (Å²) in [6, 6.07) is 0. The molecular formula is C16H14F5NO8. The van der Waals surface area contributed by atoms with Gasteiger partial charge in [-0.25, -0.2) is 13.2 Å². The summed E-state index contributed by atoms with van der Waals surface area (Å²) in [6.45, 7) is 0. The largest absolute Gasteiger partial charge is 0.481 e. The van der Waals surface area contributed by atoms with E-state index in [1.165, 1.54) is 0 Å². The normalized spacial score (nSPS) is 11.2. The van der Waals surface area contributed by atoms with Gasteiger partial charge in [-0.3, -0.25) is 24.5 Å². The van der Waals surface area contributed by atoms with Crippen LogP contribution in [0.5, 0.6) is 5.75 Å². The monoisotopic (exact) mass is 443 g/mol. The number of esters is 1. The molecule has 2 N–H and O–H groups in total. The fourth-order valence-electron chi connectivity index (χ4n) is 2.50.